The quantitative estimate of drug-likeness (QED) is 0.868. The van der Waals surface area contributed by atoms with Gasteiger partial charge >= 0.3 is 0 Å². The second-order valence-electron chi connectivity index (χ2n) is 4.68. The summed E-state index contributed by atoms with van der Waals surface area (Å²) in [4.78, 5) is 7.00. The van der Waals surface area contributed by atoms with E-state index in [2.05, 4.69) is 34.1 Å². The Bertz CT molecular complexity index is 624. The highest BCUT2D eigenvalue weighted by Crippen LogP contribution is 2.29. The minimum Gasteiger partial charge on any atom is -0.388 e. The Kier molecular flexibility index (Phi) is 3.17. The average Bonchev–Trinajstić information content (AvgIpc) is 2.83. The van der Waals surface area contributed by atoms with Gasteiger partial charge in [0.05, 0.1) is 0 Å². The van der Waals surface area contributed by atoms with Crippen LogP contribution in [0.3, 0.4) is 0 Å². The van der Waals surface area contributed by atoms with Crippen molar-refractivity contribution in [3.05, 3.63) is 59.4 Å². The summed E-state index contributed by atoms with van der Waals surface area (Å²) in [6.45, 7) is 1.84. The summed E-state index contributed by atoms with van der Waals surface area (Å²) in [5.74, 6) is 0. The van der Waals surface area contributed by atoms with Crippen molar-refractivity contribution >= 4 is 22.9 Å². The van der Waals surface area contributed by atoms with Crippen LogP contribution < -0.4 is 10.6 Å². The fourth-order valence-corrected chi connectivity index (χ4v) is 2.75. The lowest BCUT2D eigenvalue weighted by Gasteiger charge is -2.20. The highest BCUT2D eigenvalue weighted by molar-refractivity contribution is 7.80. The molecule has 1 aromatic heterocycles. The summed E-state index contributed by atoms with van der Waals surface area (Å²) in [5.41, 5.74) is 10.3. The van der Waals surface area contributed by atoms with E-state index in [0.29, 0.717) is 4.99 Å². The maximum Gasteiger partial charge on any atom is 0.123 e. The predicted octanol–water partition coefficient (Wildman–Crippen LogP) is 2.28. The highest BCUT2D eigenvalue weighted by Gasteiger charge is 2.19. The molecule has 0 fully saturated rings. The van der Waals surface area contributed by atoms with E-state index in [-0.39, 0.29) is 0 Å². The lowest BCUT2D eigenvalue weighted by molar-refractivity contribution is 0.831. The van der Waals surface area contributed by atoms with Crippen LogP contribution in [0.2, 0.25) is 0 Å². The molecule has 2 N–H and O–H groups in total. The third-order valence-electron chi connectivity index (χ3n) is 3.47. The topological polar surface area (TPSA) is 42.1 Å². The van der Waals surface area contributed by atoms with Crippen LogP contribution in [-0.2, 0) is 13.0 Å². The number of aromatic nitrogens is 1. The van der Waals surface area contributed by atoms with E-state index in [9.17, 15) is 0 Å². The van der Waals surface area contributed by atoms with E-state index >= 15 is 0 Å². The maximum absolute atomic E-state index is 5.73. The Labute approximate surface area is 118 Å². The van der Waals surface area contributed by atoms with Gasteiger partial charge in [0.2, 0.25) is 0 Å². The van der Waals surface area contributed by atoms with Crippen molar-refractivity contribution in [2.45, 2.75) is 13.0 Å². The molecule has 0 saturated carbocycles. The number of para-hydroxylation sites is 1. The van der Waals surface area contributed by atoms with Gasteiger partial charge in [0.25, 0.3) is 0 Å². The van der Waals surface area contributed by atoms with Crippen molar-refractivity contribution in [1.82, 2.24) is 4.98 Å². The molecule has 0 radical (unpaired) electrons. The molecule has 3 rings (SSSR count). The summed E-state index contributed by atoms with van der Waals surface area (Å²) in [6.07, 6.45) is 2.83. The van der Waals surface area contributed by atoms with E-state index in [1.807, 2.05) is 12.1 Å². The van der Waals surface area contributed by atoms with Crippen LogP contribution in [0.5, 0.6) is 0 Å². The van der Waals surface area contributed by atoms with E-state index < -0.39 is 0 Å². The van der Waals surface area contributed by atoms with Gasteiger partial charge < -0.3 is 10.6 Å². The maximum atomic E-state index is 5.73. The zero-order valence-corrected chi connectivity index (χ0v) is 11.4. The predicted molar refractivity (Wildman–Crippen MR) is 81.3 cm³/mol. The normalized spacial score (nSPS) is 13.4. The van der Waals surface area contributed by atoms with Crippen molar-refractivity contribution in [2.24, 2.45) is 5.73 Å². The number of thiocarbonyl (C=S) groups is 1. The lowest BCUT2D eigenvalue weighted by atomic mass is 10.1. The molecule has 2 aromatic rings. The molecule has 0 amide bonds. The van der Waals surface area contributed by atoms with Crippen molar-refractivity contribution in [3.63, 3.8) is 0 Å². The van der Waals surface area contributed by atoms with Gasteiger partial charge in [-0.15, -0.1) is 0 Å². The van der Waals surface area contributed by atoms with E-state index in [1.54, 1.807) is 6.20 Å². The van der Waals surface area contributed by atoms with E-state index in [1.165, 1.54) is 11.3 Å². The van der Waals surface area contributed by atoms with Crippen molar-refractivity contribution in [1.29, 1.82) is 0 Å². The Hall–Kier alpha value is -1.94. The van der Waals surface area contributed by atoms with Crippen LogP contribution in [0, 0.1) is 0 Å². The number of nitrogens with two attached hydrogens (primary N) is 1. The number of pyridine rings is 1. The van der Waals surface area contributed by atoms with Crippen molar-refractivity contribution in [3.8, 4) is 0 Å². The molecule has 1 aliphatic heterocycles. The van der Waals surface area contributed by atoms with Gasteiger partial charge in [-0.3, -0.25) is 4.98 Å². The van der Waals surface area contributed by atoms with Gasteiger partial charge in [-0.2, -0.15) is 0 Å². The van der Waals surface area contributed by atoms with Gasteiger partial charge in [0.1, 0.15) is 10.7 Å². The summed E-state index contributed by atoms with van der Waals surface area (Å²) in [6, 6.07) is 12.5. The highest BCUT2D eigenvalue weighted by atomic mass is 32.1. The van der Waals surface area contributed by atoms with Gasteiger partial charge in [0, 0.05) is 30.5 Å². The Morgan fingerprint density at radius 2 is 2.11 bits per heavy atom. The molecule has 3 nitrogen and oxygen atoms in total. The summed E-state index contributed by atoms with van der Waals surface area (Å²) < 4.78 is 0. The first kappa shape index (κ1) is 12.1. The minimum absolute atomic E-state index is 0.364. The molecule has 19 heavy (non-hydrogen) atoms. The molecule has 0 spiro atoms. The molecule has 0 atom stereocenters. The van der Waals surface area contributed by atoms with Crippen LogP contribution in [0.25, 0.3) is 0 Å². The van der Waals surface area contributed by atoms with Crippen LogP contribution >= 0.6 is 12.2 Å². The molecule has 0 bridgehead atoms. The third kappa shape index (κ3) is 2.31. The van der Waals surface area contributed by atoms with Crippen LogP contribution in [-0.4, -0.2) is 16.5 Å². The number of hydrogen-bond donors (Lipinski definition) is 1. The largest absolute Gasteiger partial charge is 0.388 e. The SMILES string of the molecule is NC(=S)c1ncccc1CN1CCc2ccccc21. The fraction of sp³-hybridized carbons (Fsp3) is 0.200. The molecule has 2 heterocycles. The monoisotopic (exact) mass is 269 g/mol. The first-order valence-corrected chi connectivity index (χ1v) is 6.73. The second kappa shape index (κ2) is 4.97. The molecule has 1 aromatic carbocycles. The molecular weight excluding hydrogens is 254 g/mol. The Morgan fingerprint density at radius 1 is 1.26 bits per heavy atom. The molecule has 96 valence electrons. The minimum atomic E-state index is 0.364. The average molecular weight is 269 g/mol. The standard InChI is InChI=1S/C15H15N3S/c16-15(19)14-12(5-3-8-17-14)10-18-9-7-11-4-1-2-6-13(11)18/h1-6,8H,7,9-10H2,(H2,16,19). The second-order valence-corrected chi connectivity index (χ2v) is 5.12. The molecular formula is C15H15N3S. The number of benzene rings is 1. The number of nitrogens with zero attached hydrogens (tertiary/aromatic N) is 2. The van der Waals surface area contributed by atoms with Crippen molar-refractivity contribution < 1.29 is 0 Å². The number of fused-ring (bicyclic) bond motifs is 1. The zero-order chi connectivity index (χ0) is 13.2. The van der Waals surface area contributed by atoms with Gasteiger partial charge in [0.15, 0.2) is 0 Å². The smallest absolute Gasteiger partial charge is 0.123 e. The molecule has 0 saturated heterocycles. The lowest BCUT2D eigenvalue weighted by Crippen LogP contribution is -2.23. The number of rotatable bonds is 3. The number of anilines is 1. The zero-order valence-electron chi connectivity index (χ0n) is 10.5. The summed E-state index contributed by atoms with van der Waals surface area (Å²) in [5, 5.41) is 0. The van der Waals surface area contributed by atoms with Gasteiger partial charge in [-0.05, 0) is 24.1 Å². The molecule has 0 aliphatic carbocycles. The van der Waals surface area contributed by atoms with Crippen LogP contribution in [0.4, 0.5) is 5.69 Å². The van der Waals surface area contributed by atoms with Gasteiger partial charge in [-0.25, -0.2) is 0 Å². The molecule has 1 aliphatic rings. The Balaban J connectivity index is 1.90. The van der Waals surface area contributed by atoms with Crippen LogP contribution in [0.1, 0.15) is 16.8 Å². The van der Waals surface area contributed by atoms with E-state index in [0.717, 1.165) is 30.8 Å². The van der Waals surface area contributed by atoms with E-state index in [4.69, 9.17) is 18.0 Å². The first-order valence-electron chi connectivity index (χ1n) is 6.32. The molecule has 4 heteroatoms. The van der Waals surface area contributed by atoms with Crippen LogP contribution in [0.15, 0.2) is 42.6 Å². The Morgan fingerprint density at radius 3 is 2.95 bits per heavy atom. The first-order chi connectivity index (χ1) is 9.25. The third-order valence-corrected chi connectivity index (χ3v) is 3.66. The summed E-state index contributed by atoms with van der Waals surface area (Å²) in [7, 11) is 0. The van der Waals surface area contributed by atoms with Crippen molar-refractivity contribution in [2.75, 3.05) is 11.4 Å². The molecule has 0 unspecified atom stereocenters. The summed E-state index contributed by atoms with van der Waals surface area (Å²) >= 11 is 5.07. The number of hydrogen-bond acceptors (Lipinski definition) is 3. The fourth-order valence-electron chi connectivity index (χ4n) is 2.56. The van der Waals surface area contributed by atoms with Gasteiger partial charge in [-0.1, -0.05) is 36.5 Å².